The van der Waals surface area contributed by atoms with E-state index in [1.54, 1.807) is 0 Å². The predicted molar refractivity (Wildman–Crippen MR) is 40.3 cm³/mol. The van der Waals surface area contributed by atoms with Crippen LogP contribution in [0, 0.1) is 30.6 Å². The second-order valence-corrected chi connectivity index (χ2v) is 1.74. The predicted octanol–water partition coefficient (Wildman–Crippen LogP) is 1.79. The highest BCUT2D eigenvalue weighted by Gasteiger charge is 1.72. The lowest BCUT2D eigenvalue weighted by Crippen LogP contribution is -1.65. The van der Waals surface area contributed by atoms with Crippen LogP contribution in [-0.4, -0.2) is 0 Å². The average molecular weight is 117 g/mol. The van der Waals surface area contributed by atoms with Gasteiger partial charge in [0.25, 0.3) is 0 Å². The fourth-order valence-corrected chi connectivity index (χ4v) is 0.283. The van der Waals surface area contributed by atoms with Gasteiger partial charge in [-0.05, 0) is 6.92 Å². The second-order valence-electron chi connectivity index (χ2n) is 1.74. The summed E-state index contributed by atoms with van der Waals surface area (Å²) in [4.78, 5) is 0. The van der Waals surface area contributed by atoms with Gasteiger partial charge in [-0.15, -0.1) is 11.8 Å². The van der Waals surface area contributed by atoms with Crippen LogP contribution in [0.3, 0.4) is 0 Å². The summed E-state index contributed by atoms with van der Waals surface area (Å²) < 4.78 is 0. The van der Waals surface area contributed by atoms with E-state index in [4.69, 9.17) is 0 Å². The van der Waals surface area contributed by atoms with Crippen molar-refractivity contribution in [1.82, 2.24) is 0 Å². The van der Waals surface area contributed by atoms with E-state index in [2.05, 4.69) is 37.2 Å². The molecule has 0 rings (SSSR count). The van der Waals surface area contributed by atoms with Crippen molar-refractivity contribution in [2.24, 2.45) is 0 Å². The maximum atomic E-state index is 3.69. The van der Waals surface area contributed by atoms with E-state index in [0.717, 1.165) is 12.0 Å². The zero-order valence-electron chi connectivity index (χ0n) is 5.62. The van der Waals surface area contributed by atoms with E-state index in [1.165, 1.54) is 0 Å². The molecule has 46 valence electrons. The Kier molecular flexibility index (Phi) is 4.19. The molecule has 0 aliphatic heterocycles. The summed E-state index contributed by atoms with van der Waals surface area (Å²) in [7, 11) is 0. The van der Waals surface area contributed by atoms with Crippen molar-refractivity contribution in [3.05, 3.63) is 19.1 Å². The summed E-state index contributed by atoms with van der Waals surface area (Å²) in [5, 5.41) is 0. The molecular formula is C9H9-. The van der Waals surface area contributed by atoms with Crippen LogP contribution >= 0.6 is 0 Å². The molecule has 0 heterocycles. The minimum absolute atomic E-state index is 0.731. The first-order valence-electron chi connectivity index (χ1n) is 2.66. The Morgan fingerprint density at radius 3 is 2.67 bits per heavy atom. The summed E-state index contributed by atoms with van der Waals surface area (Å²) in [5.41, 5.74) is 1.06. The topological polar surface area (TPSA) is 0 Å². The maximum Gasteiger partial charge on any atom is 0.0287 e. The SMILES string of the molecule is C=C(C)CC#CC#C[CH2-]. The highest BCUT2D eigenvalue weighted by atomic mass is 13.8. The normalized spacial score (nSPS) is 5.89. The fraction of sp³-hybridized carbons (Fsp3) is 0.222. The Hall–Kier alpha value is -1.27. The molecule has 0 atom stereocenters. The molecule has 0 N–H and O–H groups in total. The molecule has 0 nitrogen and oxygen atoms in total. The Morgan fingerprint density at radius 2 is 2.22 bits per heavy atom. The van der Waals surface area contributed by atoms with E-state index >= 15 is 0 Å². The molecule has 0 aliphatic rings. The first-order chi connectivity index (χ1) is 4.27. The monoisotopic (exact) mass is 117 g/mol. The quantitative estimate of drug-likeness (QED) is 0.279. The van der Waals surface area contributed by atoms with Crippen molar-refractivity contribution in [1.29, 1.82) is 0 Å². The third kappa shape index (κ3) is 6.73. The Morgan fingerprint density at radius 1 is 1.56 bits per heavy atom. The zero-order valence-corrected chi connectivity index (χ0v) is 5.62. The van der Waals surface area contributed by atoms with Gasteiger partial charge < -0.3 is 0 Å². The number of allylic oxidation sites excluding steroid dienone is 1. The highest BCUT2D eigenvalue weighted by molar-refractivity contribution is 5.28. The molecule has 0 aromatic heterocycles. The molecule has 0 fully saturated rings. The molecule has 0 saturated heterocycles. The minimum atomic E-state index is 0.731. The molecule has 0 aromatic carbocycles. The van der Waals surface area contributed by atoms with Gasteiger partial charge in [0.15, 0.2) is 0 Å². The van der Waals surface area contributed by atoms with Crippen LogP contribution in [0.25, 0.3) is 0 Å². The second kappa shape index (κ2) is 4.88. The summed E-state index contributed by atoms with van der Waals surface area (Å²) in [6.45, 7) is 8.94. The molecular weight excluding hydrogens is 108 g/mol. The van der Waals surface area contributed by atoms with Gasteiger partial charge >= 0.3 is 0 Å². The van der Waals surface area contributed by atoms with Crippen molar-refractivity contribution in [3.8, 4) is 23.7 Å². The zero-order chi connectivity index (χ0) is 7.11. The van der Waals surface area contributed by atoms with Gasteiger partial charge in [0.1, 0.15) is 0 Å². The molecule has 0 saturated carbocycles. The molecule has 9 heavy (non-hydrogen) atoms. The van der Waals surface area contributed by atoms with Gasteiger partial charge in [0.05, 0.1) is 0 Å². The number of hydrogen-bond donors (Lipinski definition) is 0. The molecule has 0 unspecified atom stereocenters. The largest absolute Gasteiger partial charge is 0.284 e. The first kappa shape index (κ1) is 7.73. The number of hydrogen-bond acceptors (Lipinski definition) is 0. The van der Waals surface area contributed by atoms with E-state index < -0.39 is 0 Å². The van der Waals surface area contributed by atoms with Crippen LogP contribution in [-0.2, 0) is 0 Å². The van der Waals surface area contributed by atoms with Crippen LogP contribution in [0.2, 0.25) is 0 Å². The summed E-state index contributed by atoms with van der Waals surface area (Å²) in [6, 6.07) is 0. The Balaban J connectivity index is 3.59. The van der Waals surface area contributed by atoms with Gasteiger partial charge in [-0.1, -0.05) is 12.2 Å². The molecule has 0 heteroatoms. The van der Waals surface area contributed by atoms with E-state index in [0.29, 0.717) is 0 Å². The summed E-state index contributed by atoms with van der Waals surface area (Å²) in [6.07, 6.45) is 0.731. The molecule has 0 amide bonds. The third-order valence-electron chi connectivity index (χ3n) is 0.629. The van der Waals surface area contributed by atoms with Gasteiger partial charge in [-0.25, -0.2) is 5.92 Å². The van der Waals surface area contributed by atoms with Crippen LogP contribution in [0.4, 0.5) is 0 Å². The lowest BCUT2D eigenvalue weighted by molar-refractivity contribution is 1.27. The van der Waals surface area contributed by atoms with Gasteiger partial charge in [-0.3, -0.25) is 5.92 Å². The molecule has 0 aromatic rings. The van der Waals surface area contributed by atoms with E-state index in [1.807, 2.05) is 6.92 Å². The third-order valence-corrected chi connectivity index (χ3v) is 0.629. The van der Waals surface area contributed by atoms with Gasteiger partial charge in [0, 0.05) is 6.42 Å². The average Bonchev–Trinajstić information content (AvgIpc) is 1.80. The highest BCUT2D eigenvalue weighted by Crippen LogP contribution is 1.90. The molecule has 0 radical (unpaired) electrons. The molecule has 0 spiro atoms. The Labute approximate surface area is 57.0 Å². The fourth-order valence-electron chi connectivity index (χ4n) is 0.283. The van der Waals surface area contributed by atoms with Crippen molar-refractivity contribution in [3.63, 3.8) is 0 Å². The number of rotatable bonds is 1. The summed E-state index contributed by atoms with van der Waals surface area (Å²) >= 11 is 0. The lowest BCUT2D eigenvalue weighted by Gasteiger charge is -1.82. The lowest BCUT2D eigenvalue weighted by atomic mass is 10.2. The maximum absolute atomic E-state index is 3.69. The Bertz CT molecular complexity index is 200. The van der Waals surface area contributed by atoms with Crippen molar-refractivity contribution in [2.75, 3.05) is 0 Å². The van der Waals surface area contributed by atoms with Crippen LogP contribution < -0.4 is 0 Å². The first-order valence-corrected chi connectivity index (χ1v) is 2.66. The summed E-state index contributed by atoms with van der Waals surface area (Å²) in [5.74, 6) is 10.4. The van der Waals surface area contributed by atoms with Crippen LogP contribution in [0.15, 0.2) is 12.2 Å². The smallest absolute Gasteiger partial charge is 0.0287 e. The van der Waals surface area contributed by atoms with Crippen LogP contribution in [0.1, 0.15) is 13.3 Å². The van der Waals surface area contributed by atoms with E-state index in [9.17, 15) is 0 Å². The minimum Gasteiger partial charge on any atom is -0.284 e. The molecule has 0 bridgehead atoms. The van der Waals surface area contributed by atoms with Crippen molar-refractivity contribution < 1.29 is 0 Å². The van der Waals surface area contributed by atoms with Crippen molar-refractivity contribution >= 4 is 0 Å². The van der Waals surface area contributed by atoms with Crippen LogP contribution in [0.5, 0.6) is 0 Å². The van der Waals surface area contributed by atoms with Gasteiger partial charge in [0.2, 0.25) is 0 Å². The van der Waals surface area contributed by atoms with Crippen molar-refractivity contribution in [2.45, 2.75) is 13.3 Å². The van der Waals surface area contributed by atoms with E-state index in [-0.39, 0.29) is 0 Å². The molecule has 0 aliphatic carbocycles. The van der Waals surface area contributed by atoms with Gasteiger partial charge in [-0.2, -0.15) is 6.92 Å². The standard InChI is InChI=1S/C9H9/c1-4-5-6-7-8-9(2)3/h1-2,8H2,3H3/q-1.